The van der Waals surface area contributed by atoms with Crippen LogP contribution in [-0.2, 0) is 11.2 Å². The van der Waals surface area contributed by atoms with Crippen molar-refractivity contribution in [2.24, 2.45) is 5.92 Å². The maximum absolute atomic E-state index is 13.0. The fourth-order valence-corrected chi connectivity index (χ4v) is 7.28. The lowest BCUT2D eigenvalue weighted by atomic mass is 9.70. The first-order valence-corrected chi connectivity index (χ1v) is 13.7. The molecule has 3 N–H and O–H groups in total. The monoisotopic (exact) mass is 530 g/mol. The van der Waals surface area contributed by atoms with Crippen molar-refractivity contribution >= 4 is 0 Å². The highest BCUT2D eigenvalue weighted by atomic mass is 16.5. The average molecular weight is 531 g/mol. The number of hydrogen-bond donors (Lipinski definition) is 3. The quantitative estimate of drug-likeness (QED) is 0.429. The number of fused-ring (bicyclic) bond motifs is 3. The zero-order valence-corrected chi connectivity index (χ0v) is 22.2. The molecular weight excluding hydrogens is 496 g/mol. The molecule has 2 aromatic carbocycles. The van der Waals surface area contributed by atoms with Gasteiger partial charge >= 0.3 is 0 Å². The van der Waals surface area contributed by atoms with Gasteiger partial charge < -0.3 is 29.5 Å². The molecule has 2 aliphatic heterocycles. The van der Waals surface area contributed by atoms with Gasteiger partial charge in [-0.3, -0.25) is 4.90 Å². The van der Waals surface area contributed by atoms with Gasteiger partial charge in [-0.25, -0.2) is 0 Å². The Morgan fingerprint density at radius 1 is 0.974 bits per heavy atom. The molecule has 5 atom stereocenters. The SMILES string of the molecule is COc1cc2c(c(OC)n1)[C@]1(O)[C@H](O)[C@H](CN3CC(O)C3)[C@@H](c3ccccc3)[C@]1(c1ccc(C3CC3)cc1)O2. The Balaban J connectivity index is 1.47. The van der Waals surface area contributed by atoms with Crippen LogP contribution in [0.1, 0.15) is 46.9 Å². The average Bonchev–Trinajstić information content (AvgIpc) is 3.73. The molecule has 39 heavy (non-hydrogen) atoms. The Morgan fingerprint density at radius 2 is 1.69 bits per heavy atom. The van der Waals surface area contributed by atoms with Crippen molar-refractivity contribution in [2.45, 2.75) is 48.1 Å². The summed E-state index contributed by atoms with van der Waals surface area (Å²) < 4.78 is 18.1. The van der Waals surface area contributed by atoms with E-state index in [1.54, 1.807) is 6.07 Å². The Labute approximate surface area is 227 Å². The smallest absolute Gasteiger partial charge is 0.226 e. The molecule has 1 aromatic heterocycles. The van der Waals surface area contributed by atoms with Gasteiger partial charge in [0.05, 0.1) is 32.0 Å². The van der Waals surface area contributed by atoms with Gasteiger partial charge in [-0.05, 0) is 35.4 Å². The van der Waals surface area contributed by atoms with Gasteiger partial charge in [-0.1, -0.05) is 54.6 Å². The molecule has 2 aliphatic carbocycles. The summed E-state index contributed by atoms with van der Waals surface area (Å²) in [7, 11) is 3.01. The maximum Gasteiger partial charge on any atom is 0.226 e. The van der Waals surface area contributed by atoms with Gasteiger partial charge in [0, 0.05) is 37.5 Å². The number of aliphatic hydroxyl groups excluding tert-OH is 2. The Hall–Kier alpha value is -3.17. The Bertz CT molecular complexity index is 1370. The number of likely N-dealkylation sites (tertiary alicyclic amines) is 1. The second-order valence-corrected chi connectivity index (χ2v) is 11.4. The van der Waals surface area contributed by atoms with Crippen LogP contribution >= 0.6 is 0 Å². The van der Waals surface area contributed by atoms with Gasteiger partial charge in [-0.2, -0.15) is 4.98 Å². The number of hydrogen-bond acceptors (Lipinski definition) is 8. The molecule has 1 saturated heterocycles. The molecule has 0 unspecified atom stereocenters. The standard InChI is InChI=1S/C31H34N2O6/c1-37-25-14-24-27(29(32-25)38-2)30(36)28(35)23(17-33-15-22(34)16-33)26(20-6-4-3-5-7-20)31(30,39-24)21-12-10-19(11-13-21)18-8-9-18/h3-7,10-14,18,22-23,26,28,34-36H,8-9,15-17H2,1-2H3/t23-,26-,28-,30+,31+/m1/s1. The fraction of sp³-hybridized carbons (Fsp3) is 0.452. The molecule has 7 rings (SSSR count). The third-order valence-corrected chi connectivity index (χ3v) is 9.20. The molecule has 0 spiro atoms. The largest absolute Gasteiger partial charge is 0.481 e. The normalized spacial score (nSPS) is 31.8. The summed E-state index contributed by atoms with van der Waals surface area (Å²) in [5.74, 6) is 0.583. The van der Waals surface area contributed by atoms with E-state index in [4.69, 9.17) is 14.2 Å². The van der Waals surface area contributed by atoms with Gasteiger partial charge in [0.1, 0.15) is 5.75 Å². The zero-order valence-electron chi connectivity index (χ0n) is 22.2. The number of methoxy groups -OCH3 is 2. The summed E-state index contributed by atoms with van der Waals surface area (Å²) in [6.07, 6.45) is 0.787. The van der Waals surface area contributed by atoms with Crippen LogP contribution in [0.2, 0.25) is 0 Å². The maximum atomic E-state index is 13.0. The van der Waals surface area contributed by atoms with E-state index in [0.717, 1.165) is 11.1 Å². The summed E-state index contributed by atoms with van der Waals surface area (Å²) in [6.45, 7) is 1.56. The molecule has 0 radical (unpaired) electrons. The van der Waals surface area contributed by atoms with Crippen LogP contribution in [0.3, 0.4) is 0 Å². The highest BCUT2D eigenvalue weighted by Gasteiger charge is 2.77. The van der Waals surface area contributed by atoms with Crippen molar-refractivity contribution in [1.29, 1.82) is 0 Å². The minimum atomic E-state index is -1.87. The van der Waals surface area contributed by atoms with Crippen LogP contribution in [0, 0.1) is 5.92 Å². The van der Waals surface area contributed by atoms with E-state index in [-0.39, 0.29) is 12.0 Å². The molecule has 204 valence electrons. The van der Waals surface area contributed by atoms with Crippen molar-refractivity contribution in [3.05, 3.63) is 82.9 Å². The highest BCUT2D eigenvalue weighted by Crippen LogP contribution is 2.70. The van der Waals surface area contributed by atoms with E-state index in [1.807, 2.05) is 42.5 Å². The van der Waals surface area contributed by atoms with Crippen molar-refractivity contribution in [3.63, 3.8) is 0 Å². The molecule has 0 bridgehead atoms. The first kappa shape index (κ1) is 24.8. The second-order valence-electron chi connectivity index (χ2n) is 11.4. The van der Waals surface area contributed by atoms with Crippen LogP contribution in [-0.4, -0.2) is 71.3 Å². The van der Waals surface area contributed by atoms with E-state index < -0.39 is 29.1 Å². The Kier molecular flexibility index (Phi) is 5.68. The summed E-state index contributed by atoms with van der Waals surface area (Å²) in [4.78, 5) is 6.59. The van der Waals surface area contributed by atoms with E-state index in [9.17, 15) is 15.3 Å². The lowest BCUT2D eigenvalue weighted by molar-refractivity contribution is -0.153. The van der Waals surface area contributed by atoms with Crippen molar-refractivity contribution < 1.29 is 29.5 Å². The topological polar surface area (TPSA) is 105 Å². The minimum absolute atomic E-state index is 0.161. The van der Waals surface area contributed by atoms with E-state index in [1.165, 1.54) is 32.6 Å². The molecule has 8 heteroatoms. The van der Waals surface area contributed by atoms with Crippen LogP contribution in [0.25, 0.3) is 0 Å². The van der Waals surface area contributed by atoms with Gasteiger partial charge in [0.15, 0.2) is 11.2 Å². The fourth-order valence-electron chi connectivity index (χ4n) is 7.28. The predicted octanol–water partition coefficient (Wildman–Crippen LogP) is 2.90. The van der Waals surface area contributed by atoms with E-state index >= 15 is 0 Å². The number of aromatic nitrogens is 1. The lowest BCUT2D eigenvalue weighted by Crippen LogP contribution is -2.54. The molecule has 0 amide bonds. The van der Waals surface area contributed by atoms with E-state index in [2.05, 4.69) is 22.0 Å². The van der Waals surface area contributed by atoms with Crippen molar-refractivity contribution in [1.82, 2.24) is 9.88 Å². The van der Waals surface area contributed by atoms with Crippen LogP contribution < -0.4 is 14.2 Å². The predicted molar refractivity (Wildman–Crippen MR) is 143 cm³/mol. The van der Waals surface area contributed by atoms with Crippen molar-refractivity contribution in [3.8, 4) is 17.5 Å². The third kappa shape index (κ3) is 3.48. The van der Waals surface area contributed by atoms with Gasteiger partial charge in [-0.15, -0.1) is 0 Å². The summed E-state index contributed by atoms with van der Waals surface area (Å²) in [5, 5.41) is 35.2. The van der Waals surface area contributed by atoms with Crippen LogP contribution in [0.15, 0.2) is 60.7 Å². The zero-order chi connectivity index (χ0) is 26.9. The summed E-state index contributed by atoms with van der Waals surface area (Å²) in [5.41, 5.74) is 0.103. The molecule has 3 fully saturated rings. The number of β-amino-alcohol motifs (C(OH)–C–C–N with tert-alkyl or cyclic N) is 1. The van der Waals surface area contributed by atoms with Crippen LogP contribution in [0.4, 0.5) is 0 Å². The number of benzene rings is 2. The number of ether oxygens (including phenoxy) is 3. The summed E-state index contributed by atoms with van der Waals surface area (Å²) in [6, 6.07) is 20.0. The number of nitrogens with zero attached hydrogens (tertiary/aromatic N) is 2. The van der Waals surface area contributed by atoms with Gasteiger partial charge in [0.2, 0.25) is 11.8 Å². The highest BCUT2D eigenvalue weighted by molar-refractivity contribution is 5.60. The molecular formula is C31H34N2O6. The third-order valence-electron chi connectivity index (χ3n) is 9.20. The first-order valence-electron chi connectivity index (χ1n) is 13.7. The number of aliphatic hydroxyl groups is 3. The van der Waals surface area contributed by atoms with E-state index in [0.29, 0.717) is 42.7 Å². The minimum Gasteiger partial charge on any atom is -0.481 e. The molecule has 3 heterocycles. The molecule has 3 aromatic rings. The Morgan fingerprint density at radius 3 is 2.31 bits per heavy atom. The molecule has 2 saturated carbocycles. The van der Waals surface area contributed by atoms with Gasteiger partial charge in [0.25, 0.3) is 0 Å². The molecule has 4 aliphatic rings. The summed E-state index contributed by atoms with van der Waals surface area (Å²) >= 11 is 0. The first-order chi connectivity index (χ1) is 18.9. The van der Waals surface area contributed by atoms with Crippen LogP contribution in [0.5, 0.6) is 17.5 Å². The number of pyridine rings is 1. The second kappa shape index (κ2) is 8.93. The number of rotatable bonds is 7. The van der Waals surface area contributed by atoms with Crippen molar-refractivity contribution in [2.75, 3.05) is 33.9 Å². The molecule has 8 nitrogen and oxygen atoms in total. The lowest BCUT2D eigenvalue weighted by Gasteiger charge is -2.42.